The Bertz CT molecular complexity index is 220. The van der Waals surface area contributed by atoms with E-state index in [1.807, 2.05) is 13.8 Å². The summed E-state index contributed by atoms with van der Waals surface area (Å²) in [6.07, 6.45) is 25.9. The molecule has 0 spiro atoms. The number of rotatable bonds is 21. The van der Waals surface area contributed by atoms with E-state index in [1.165, 1.54) is 140 Å². The Morgan fingerprint density at radius 1 is 0.357 bits per heavy atom. The molecule has 0 N–H and O–H groups in total. The highest BCUT2D eigenvalue weighted by Gasteiger charge is 2.20. The standard InChI is InChI=1S/C25H54N.C2H6/c1-5-8-11-14-17-20-23-26(4,24-21-18-15-12-9-6-2)25-22-19-16-13-10-7-3;1-2/h5-25H2,1-4H3;1-2H3/q+1;. The Balaban J connectivity index is 0. The van der Waals surface area contributed by atoms with E-state index >= 15 is 0 Å². The summed E-state index contributed by atoms with van der Waals surface area (Å²) in [5, 5.41) is 0. The summed E-state index contributed by atoms with van der Waals surface area (Å²) in [4.78, 5) is 0. The lowest BCUT2D eigenvalue weighted by molar-refractivity contribution is -0.910. The van der Waals surface area contributed by atoms with Gasteiger partial charge in [-0.3, -0.25) is 0 Å². The molecule has 0 amide bonds. The quantitative estimate of drug-likeness (QED) is 0.133. The monoisotopic (exact) mass is 398 g/mol. The van der Waals surface area contributed by atoms with Gasteiger partial charge in [-0.05, 0) is 38.5 Å². The third-order valence-electron chi connectivity index (χ3n) is 6.15. The summed E-state index contributed by atoms with van der Waals surface area (Å²) >= 11 is 0. The molecule has 0 unspecified atom stereocenters. The zero-order chi connectivity index (χ0) is 21.3. The molecular weight excluding hydrogens is 338 g/mol. The van der Waals surface area contributed by atoms with Crippen LogP contribution in [0.25, 0.3) is 0 Å². The van der Waals surface area contributed by atoms with Crippen LogP contribution in [0, 0.1) is 0 Å². The molecule has 1 heteroatoms. The lowest BCUT2D eigenvalue weighted by Gasteiger charge is -2.35. The van der Waals surface area contributed by atoms with Crippen LogP contribution in [0.4, 0.5) is 0 Å². The van der Waals surface area contributed by atoms with Crippen molar-refractivity contribution in [3.05, 3.63) is 0 Å². The maximum absolute atomic E-state index is 2.56. The van der Waals surface area contributed by atoms with E-state index in [0.29, 0.717) is 0 Å². The van der Waals surface area contributed by atoms with Gasteiger partial charge in [0.2, 0.25) is 0 Å². The molecule has 0 heterocycles. The van der Waals surface area contributed by atoms with Gasteiger partial charge in [0.25, 0.3) is 0 Å². The van der Waals surface area contributed by atoms with Gasteiger partial charge in [0.15, 0.2) is 0 Å². The van der Waals surface area contributed by atoms with Gasteiger partial charge in [-0.2, -0.15) is 0 Å². The van der Waals surface area contributed by atoms with E-state index in [2.05, 4.69) is 27.8 Å². The van der Waals surface area contributed by atoms with Crippen LogP contribution in [-0.2, 0) is 0 Å². The predicted octanol–water partition coefficient (Wildman–Crippen LogP) is 9.54. The Kier molecular flexibility index (Phi) is 26.9. The molecule has 0 radical (unpaired) electrons. The van der Waals surface area contributed by atoms with Crippen molar-refractivity contribution in [2.24, 2.45) is 0 Å². The first-order valence-corrected chi connectivity index (χ1v) is 13.5. The van der Waals surface area contributed by atoms with Crippen LogP contribution in [0.2, 0.25) is 0 Å². The fourth-order valence-corrected chi connectivity index (χ4v) is 4.16. The van der Waals surface area contributed by atoms with Crippen LogP contribution >= 0.6 is 0 Å². The van der Waals surface area contributed by atoms with Crippen LogP contribution in [0.5, 0.6) is 0 Å². The first-order valence-electron chi connectivity index (χ1n) is 13.5. The molecule has 0 aromatic heterocycles. The largest absolute Gasteiger partial charge is 0.326 e. The second-order valence-corrected chi connectivity index (χ2v) is 9.09. The van der Waals surface area contributed by atoms with Crippen LogP contribution in [-0.4, -0.2) is 31.2 Å². The molecule has 1 nitrogen and oxygen atoms in total. The molecule has 172 valence electrons. The number of hydrogen-bond acceptors (Lipinski definition) is 0. The number of unbranched alkanes of at least 4 members (excludes halogenated alkanes) is 15. The average molecular weight is 399 g/mol. The average Bonchev–Trinajstić information content (AvgIpc) is 2.71. The van der Waals surface area contributed by atoms with Crippen molar-refractivity contribution in [2.45, 2.75) is 150 Å². The maximum atomic E-state index is 2.56. The number of hydrogen-bond donors (Lipinski definition) is 0. The van der Waals surface area contributed by atoms with Gasteiger partial charge >= 0.3 is 0 Å². The molecule has 0 aromatic carbocycles. The summed E-state index contributed by atoms with van der Waals surface area (Å²) < 4.78 is 1.36. The summed E-state index contributed by atoms with van der Waals surface area (Å²) in [7, 11) is 2.56. The van der Waals surface area contributed by atoms with Gasteiger partial charge in [-0.25, -0.2) is 0 Å². The van der Waals surface area contributed by atoms with Crippen molar-refractivity contribution in [1.82, 2.24) is 0 Å². The second kappa shape index (κ2) is 25.0. The van der Waals surface area contributed by atoms with E-state index < -0.39 is 0 Å². The molecule has 0 aliphatic carbocycles. The predicted molar refractivity (Wildman–Crippen MR) is 132 cm³/mol. The van der Waals surface area contributed by atoms with E-state index in [0.717, 1.165) is 0 Å². The molecule has 0 rings (SSSR count). The molecular formula is C27H60N+. The van der Waals surface area contributed by atoms with E-state index in [-0.39, 0.29) is 0 Å². The molecule has 0 saturated heterocycles. The first kappa shape index (κ1) is 30.2. The Labute approximate surface area is 181 Å². The SMILES string of the molecule is CC.CCCCCCCC[N+](C)(CCCCCCCC)CCCCCCCC. The molecule has 28 heavy (non-hydrogen) atoms. The minimum atomic E-state index is 1.36. The molecule has 0 aliphatic heterocycles. The third kappa shape index (κ3) is 22.3. The Morgan fingerprint density at radius 2 is 0.571 bits per heavy atom. The fourth-order valence-electron chi connectivity index (χ4n) is 4.16. The lowest BCUT2D eigenvalue weighted by Crippen LogP contribution is -2.46. The van der Waals surface area contributed by atoms with Crippen molar-refractivity contribution < 1.29 is 4.48 Å². The van der Waals surface area contributed by atoms with E-state index in [9.17, 15) is 0 Å². The summed E-state index contributed by atoms with van der Waals surface area (Å²) in [6, 6.07) is 0. The molecule has 0 saturated carbocycles. The summed E-state index contributed by atoms with van der Waals surface area (Å²) in [5.41, 5.74) is 0. The van der Waals surface area contributed by atoms with Crippen molar-refractivity contribution >= 4 is 0 Å². The molecule has 0 bridgehead atoms. The van der Waals surface area contributed by atoms with Gasteiger partial charge in [-0.1, -0.05) is 112 Å². The highest BCUT2D eigenvalue weighted by Crippen LogP contribution is 2.16. The first-order chi connectivity index (χ1) is 13.7. The fraction of sp³-hybridized carbons (Fsp3) is 1.00. The summed E-state index contributed by atoms with van der Waals surface area (Å²) in [5.74, 6) is 0. The van der Waals surface area contributed by atoms with Crippen LogP contribution in [0.15, 0.2) is 0 Å². The van der Waals surface area contributed by atoms with Gasteiger partial charge in [0, 0.05) is 0 Å². The smallest absolute Gasteiger partial charge is 0.0784 e. The molecule has 0 atom stereocenters. The van der Waals surface area contributed by atoms with E-state index in [1.54, 1.807) is 0 Å². The topological polar surface area (TPSA) is 0 Å². The van der Waals surface area contributed by atoms with Crippen LogP contribution < -0.4 is 0 Å². The molecule has 0 fully saturated rings. The number of quaternary nitrogens is 1. The lowest BCUT2D eigenvalue weighted by atomic mass is 10.1. The van der Waals surface area contributed by atoms with E-state index in [4.69, 9.17) is 0 Å². The number of nitrogens with zero attached hydrogens (tertiary/aromatic N) is 1. The van der Waals surface area contributed by atoms with Crippen molar-refractivity contribution in [2.75, 3.05) is 26.7 Å². The minimum absolute atomic E-state index is 1.36. The second-order valence-electron chi connectivity index (χ2n) is 9.09. The van der Waals surface area contributed by atoms with Crippen molar-refractivity contribution in [3.63, 3.8) is 0 Å². The van der Waals surface area contributed by atoms with Gasteiger partial charge in [0.05, 0.1) is 26.7 Å². The maximum Gasteiger partial charge on any atom is 0.0784 e. The highest BCUT2D eigenvalue weighted by molar-refractivity contribution is 4.51. The van der Waals surface area contributed by atoms with Crippen LogP contribution in [0.1, 0.15) is 150 Å². The van der Waals surface area contributed by atoms with Gasteiger partial charge in [-0.15, -0.1) is 0 Å². The van der Waals surface area contributed by atoms with Gasteiger partial charge in [0.1, 0.15) is 0 Å². The van der Waals surface area contributed by atoms with Crippen molar-refractivity contribution in [3.8, 4) is 0 Å². The van der Waals surface area contributed by atoms with Crippen LogP contribution in [0.3, 0.4) is 0 Å². The Morgan fingerprint density at radius 3 is 0.821 bits per heavy atom. The third-order valence-corrected chi connectivity index (χ3v) is 6.15. The molecule has 0 aliphatic rings. The van der Waals surface area contributed by atoms with Gasteiger partial charge < -0.3 is 4.48 Å². The zero-order valence-corrected chi connectivity index (χ0v) is 21.3. The molecule has 0 aromatic rings. The summed E-state index contributed by atoms with van der Waals surface area (Å²) in [6.45, 7) is 15.2. The Hall–Kier alpha value is -0.0400. The zero-order valence-electron chi connectivity index (χ0n) is 21.3. The normalized spacial score (nSPS) is 11.4. The minimum Gasteiger partial charge on any atom is -0.326 e. The van der Waals surface area contributed by atoms with Crippen molar-refractivity contribution in [1.29, 1.82) is 0 Å². The highest BCUT2D eigenvalue weighted by atomic mass is 15.3.